The Labute approximate surface area is 112 Å². The highest BCUT2D eigenvalue weighted by atomic mass is 35.5. The molecule has 0 saturated heterocycles. The van der Waals surface area contributed by atoms with Gasteiger partial charge in [0.15, 0.2) is 23.3 Å². The van der Waals surface area contributed by atoms with Gasteiger partial charge in [-0.15, -0.1) is 0 Å². The summed E-state index contributed by atoms with van der Waals surface area (Å²) in [6, 6.07) is 4.66. The first-order chi connectivity index (χ1) is 9.02. The van der Waals surface area contributed by atoms with Crippen LogP contribution < -0.4 is 10.6 Å². The van der Waals surface area contributed by atoms with Gasteiger partial charge in [0.05, 0.1) is 10.7 Å². The standard InChI is InChI=1S/C12H9ClF3N3/c1-17-11-8(15)5-9(16)12(19-11)18-10-6(13)3-2-4-7(10)14/h2-5H,1H3,(H2,17,18,19). The zero-order valence-corrected chi connectivity index (χ0v) is 10.5. The van der Waals surface area contributed by atoms with Crippen molar-refractivity contribution >= 4 is 28.9 Å². The van der Waals surface area contributed by atoms with Crippen LogP contribution in [-0.4, -0.2) is 12.0 Å². The van der Waals surface area contributed by atoms with Crippen LogP contribution in [0.5, 0.6) is 0 Å². The molecule has 100 valence electrons. The lowest BCUT2D eigenvalue weighted by atomic mass is 10.3. The fourth-order valence-corrected chi connectivity index (χ4v) is 1.68. The van der Waals surface area contributed by atoms with Crippen LogP contribution >= 0.6 is 11.6 Å². The molecule has 2 rings (SSSR count). The third-order valence-electron chi connectivity index (χ3n) is 2.37. The Balaban J connectivity index is 2.44. The molecule has 0 aliphatic carbocycles. The number of pyridine rings is 1. The molecule has 0 radical (unpaired) electrons. The van der Waals surface area contributed by atoms with Gasteiger partial charge >= 0.3 is 0 Å². The van der Waals surface area contributed by atoms with Gasteiger partial charge in [-0.1, -0.05) is 17.7 Å². The normalized spacial score (nSPS) is 10.4. The van der Waals surface area contributed by atoms with E-state index in [0.29, 0.717) is 6.07 Å². The van der Waals surface area contributed by atoms with Crippen molar-refractivity contribution in [2.45, 2.75) is 0 Å². The minimum atomic E-state index is -0.948. The summed E-state index contributed by atoms with van der Waals surface area (Å²) >= 11 is 5.79. The van der Waals surface area contributed by atoms with Crippen molar-refractivity contribution in [3.8, 4) is 0 Å². The largest absolute Gasteiger partial charge is 0.371 e. The van der Waals surface area contributed by atoms with Gasteiger partial charge in [0.1, 0.15) is 5.82 Å². The van der Waals surface area contributed by atoms with E-state index in [1.165, 1.54) is 19.2 Å². The summed E-state index contributed by atoms with van der Waals surface area (Å²) in [7, 11) is 1.43. The maximum absolute atomic E-state index is 13.6. The predicted molar refractivity (Wildman–Crippen MR) is 68.4 cm³/mol. The first-order valence-electron chi connectivity index (χ1n) is 5.27. The smallest absolute Gasteiger partial charge is 0.169 e. The van der Waals surface area contributed by atoms with E-state index in [1.807, 2.05) is 0 Å². The number of benzene rings is 1. The number of anilines is 3. The molecule has 0 atom stereocenters. The molecule has 1 aromatic carbocycles. The molecule has 0 unspecified atom stereocenters. The van der Waals surface area contributed by atoms with Crippen molar-refractivity contribution in [3.05, 3.63) is 46.7 Å². The molecule has 19 heavy (non-hydrogen) atoms. The van der Waals surface area contributed by atoms with E-state index in [0.717, 1.165) is 6.07 Å². The number of halogens is 4. The van der Waals surface area contributed by atoms with Crippen molar-refractivity contribution in [2.24, 2.45) is 0 Å². The zero-order chi connectivity index (χ0) is 14.0. The van der Waals surface area contributed by atoms with Gasteiger partial charge in [0.2, 0.25) is 0 Å². The molecule has 7 heteroatoms. The molecule has 0 saturated carbocycles. The van der Waals surface area contributed by atoms with E-state index in [-0.39, 0.29) is 22.3 Å². The minimum absolute atomic E-state index is 0.0662. The predicted octanol–water partition coefficient (Wildman–Crippen LogP) is 3.94. The Morgan fingerprint density at radius 2 is 1.74 bits per heavy atom. The first kappa shape index (κ1) is 13.5. The highest BCUT2D eigenvalue weighted by Gasteiger charge is 2.14. The summed E-state index contributed by atoms with van der Waals surface area (Å²) in [4.78, 5) is 3.67. The molecular weight excluding hydrogens is 279 g/mol. The second kappa shape index (κ2) is 5.36. The number of nitrogens with zero attached hydrogens (tertiary/aromatic N) is 1. The molecule has 0 bridgehead atoms. The Bertz CT molecular complexity index is 599. The Hall–Kier alpha value is -1.95. The van der Waals surface area contributed by atoms with Gasteiger partial charge < -0.3 is 10.6 Å². The summed E-state index contributed by atoms with van der Waals surface area (Å²) in [5.41, 5.74) is -0.121. The number of hydrogen-bond acceptors (Lipinski definition) is 3. The van der Waals surface area contributed by atoms with Gasteiger partial charge in [-0.25, -0.2) is 18.2 Å². The SMILES string of the molecule is CNc1nc(Nc2c(F)cccc2Cl)c(F)cc1F. The quantitative estimate of drug-likeness (QED) is 0.898. The third-order valence-corrected chi connectivity index (χ3v) is 2.69. The van der Waals surface area contributed by atoms with Crippen molar-refractivity contribution < 1.29 is 13.2 Å². The topological polar surface area (TPSA) is 37.0 Å². The van der Waals surface area contributed by atoms with E-state index in [4.69, 9.17) is 11.6 Å². The molecule has 2 aromatic rings. The van der Waals surface area contributed by atoms with Crippen molar-refractivity contribution in [3.63, 3.8) is 0 Å². The number of hydrogen-bond donors (Lipinski definition) is 2. The summed E-state index contributed by atoms with van der Waals surface area (Å²) in [5.74, 6) is -2.93. The van der Waals surface area contributed by atoms with Crippen LogP contribution in [0.4, 0.5) is 30.5 Å². The lowest BCUT2D eigenvalue weighted by molar-refractivity contribution is 0.579. The maximum atomic E-state index is 13.6. The number of nitrogens with one attached hydrogen (secondary N) is 2. The van der Waals surface area contributed by atoms with E-state index in [1.54, 1.807) is 0 Å². The minimum Gasteiger partial charge on any atom is -0.371 e. The Kier molecular flexibility index (Phi) is 3.80. The van der Waals surface area contributed by atoms with Crippen LogP contribution in [-0.2, 0) is 0 Å². The van der Waals surface area contributed by atoms with Crippen LogP contribution in [0.15, 0.2) is 24.3 Å². The molecule has 0 aliphatic rings. The summed E-state index contributed by atoms with van der Waals surface area (Å²) in [5, 5.41) is 4.94. The van der Waals surface area contributed by atoms with E-state index in [9.17, 15) is 13.2 Å². The second-order valence-corrected chi connectivity index (χ2v) is 4.03. The summed E-state index contributed by atoms with van der Waals surface area (Å²) in [6.45, 7) is 0. The summed E-state index contributed by atoms with van der Waals surface area (Å²) < 4.78 is 40.3. The highest BCUT2D eigenvalue weighted by molar-refractivity contribution is 6.33. The van der Waals surface area contributed by atoms with Crippen LogP contribution in [0, 0.1) is 17.5 Å². The second-order valence-electron chi connectivity index (χ2n) is 3.62. The molecule has 0 spiro atoms. The summed E-state index contributed by atoms with van der Waals surface area (Å²) in [6.07, 6.45) is 0. The molecule has 0 aliphatic heterocycles. The lowest BCUT2D eigenvalue weighted by Crippen LogP contribution is -2.04. The monoisotopic (exact) mass is 287 g/mol. The lowest BCUT2D eigenvalue weighted by Gasteiger charge is -2.11. The molecule has 3 nitrogen and oxygen atoms in total. The molecule has 0 fully saturated rings. The fourth-order valence-electron chi connectivity index (χ4n) is 1.47. The third kappa shape index (κ3) is 2.73. The van der Waals surface area contributed by atoms with Crippen LogP contribution in [0.1, 0.15) is 0 Å². The van der Waals surface area contributed by atoms with Crippen molar-refractivity contribution in [1.29, 1.82) is 0 Å². The molecule has 1 heterocycles. The van der Waals surface area contributed by atoms with Crippen molar-refractivity contribution in [2.75, 3.05) is 17.7 Å². The van der Waals surface area contributed by atoms with Gasteiger partial charge in [-0.3, -0.25) is 0 Å². The van der Waals surface area contributed by atoms with E-state index in [2.05, 4.69) is 15.6 Å². The molecule has 1 aromatic heterocycles. The van der Waals surface area contributed by atoms with Gasteiger partial charge in [0, 0.05) is 13.1 Å². The van der Waals surface area contributed by atoms with Crippen LogP contribution in [0.3, 0.4) is 0 Å². The van der Waals surface area contributed by atoms with E-state index < -0.39 is 17.5 Å². The first-order valence-corrected chi connectivity index (χ1v) is 5.65. The van der Waals surface area contributed by atoms with E-state index >= 15 is 0 Å². The average molecular weight is 288 g/mol. The Morgan fingerprint density at radius 1 is 1.05 bits per heavy atom. The van der Waals surface area contributed by atoms with Gasteiger partial charge in [-0.05, 0) is 12.1 Å². The molecular formula is C12H9ClF3N3. The van der Waals surface area contributed by atoms with Crippen LogP contribution in [0.25, 0.3) is 0 Å². The highest BCUT2D eigenvalue weighted by Crippen LogP contribution is 2.29. The average Bonchev–Trinajstić information content (AvgIpc) is 2.36. The number of para-hydroxylation sites is 1. The fraction of sp³-hybridized carbons (Fsp3) is 0.0833. The molecule has 0 amide bonds. The van der Waals surface area contributed by atoms with Crippen LogP contribution in [0.2, 0.25) is 5.02 Å². The van der Waals surface area contributed by atoms with Crippen molar-refractivity contribution in [1.82, 2.24) is 4.98 Å². The maximum Gasteiger partial charge on any atom is 0.169 e. The number of rotatable bonds is 3. The zero-order valence-electron chi connectivity index (χ0n) is 9.77. The number of aromatic nitrogens is 1. The van der Waals surface area contributed by atoms with Gasteiger partial charge in [-0.2, -0.15) is 0 Å². The Morgan fingerprint density at radius 3 is 2.37 bits per heavy atom. The molecule has 2 N–H and O–H groups in total. The van der Waals surface area contributed by atoms with Gasteiger partial charge in [0.25, 0.3) is 0 Å².